The highest BCUT2D eigenvalue weighted by Gasteiger charge is 2.07. The number of aldehydes is 1. The van der Waals surface area contributed by atoms with E-state index in [1.54, 1.807) is 12.5 Å². The highest BCUT2D eigenvalue weighted by atomic mass is 16.1. The molecular formula is C12H13N3O. The standard InChI is InChI=1S/C12H13N3O/c1-15-9-14-11(8-16)12(15)5-4-10-3-2-6-13-7-10/h2-3,6-9H,4-5H2,1H3. The third-order valence-corrected chi connectivity index (χ3v) is 2.58. The van der Waals surface area contributed by atoms with Gasteiger partial charge in [-0.3, -0.25) is 9.78 Å². The number of carbonyl (C=O) groups is 1. The van der Waals surface area contributed by atoms with Crippen molar-refractivity contribution < 1.29 is 4.79 Å². The lowest BCUT2D eigenvalue weighted by Crippen LogP contribution is -2.01. The van der Waals surface area contributed by atoms with Crippen LogP contribution in [0.5, 0.6) is 0 Å². The van der Waals surface area contributed by atoms with E-state index in [0.717, 1.165) is 24.8 Å². The van der Waals surface area contributed by atoms with Crippen LogP contribution < -0.4 is 0 Å². The second kappa shape index (κ2) is 4.70. The van der Waals surface area contributed by atoms with Crippen LogP contribution in [0.2, 0.25) is 0 Å². The van der Waals surface area contributed by atoms with Gasteiger partial charge in [-0.2, -0.15) is 0 Å². The van der Waals surface area contributed by atoms with Crippen molar-refractivity contribution in [2.24, 2.45) is 7.05 Å². The first-order chi connectivity index (χ1) is 7.81. The van der Waals surface area contributed by atoms with Crippen LogP contribution in [-0.2, 0) is 19.9 Å². The second-order valence-electron chi connectivity index (χ2n) is 3.67. The zero-order chi connectivity index (χ0) is 11.4. The molecule has 0 radical (unpaired) electrons. The maximum atomic E-state index is 10.8. The first-order valence-corrected chi connectivity index (χ1v) is 5.15. The molecule has 82 valence electrons. The van der Waals surface area contributed by atoms with E-state index >= 15 is 0 Å². The lowest BCUT2D eigenvalue weighted by Gasteiger charge is -2.03. The molecule has 4 nitrogen and oxygen atoms in total. The van der Waals surface area contributed by atoms with Crippen LogP contribution >= 0.6 is 0 Å². The molecule has 0 saturated carbocycles. The van der Waals surface area contributed by atoms with Crippen LogP contribution in [0.4, 0.5) is 0 Å². The molecule has 0 saturated heterocycles. The summed E-state index contributed by atoms with van der Waals surface area (Å²) in [4.78, 5) is 18.8. The van der Waals surface area contributed by atoms with Crippen LogP contribution in [0.1, 0.15) is 21.7 Å². The first kappa shape index (κ1) is 10.5. The number of nitrogens with zero attached hydrogens (tertiary/aromatic N) is 3. The second-order valence-corrected chi connectivity index (χ2v) is 3.67. The third kappa shape index (κ3) is 2.16. The fourth-order valence-corrected chi connectivity index (χ4v) is 1.69. The Labute approximate surface area is 94.0 Å². The molecule has 0 aliphatic rings. The van der Waals surface area contributed by atoms with Crippen LogP contribution in [0.3, 0.4) is 0 Å². The van der Waals surface area contributed by atoms with Gasteiger partial charge in [0.25, 0.3) is 0 Å². The van der Waals surface area contributed by atoms with Gasteiger partial charge in [-0.25, -0.2) is 4.98 Å². The quantitative estimate of drug-likeness (QED) is 0.724. The van der Waals surface area contributed by atoms with Crippen LogP contribution in [0, 0.1) is 0 Å². The molecule has 2 aromatic heterocycles. The highest BCUT2D eigenvalue weighted by molar-refractivity contribution is 5.73. The van der Waals surface area contributed by atoms with E-state index in [4.69, 9.17) is 0 Å². The molecule has 0 aromatic carbocycles. The number of hydrogen-bond donors (Lipinski definition) is 0. The molecule has 16 heavy (non-hydrogen) atoms. The molecule has 0 bridgehead atoms. The van der Waals surface area contributed by atoms with E-state index in [0.29, 0.717) is 5.69 Å². The van der Waals surface area contributed by atoms with E-state index in [-0.39, 0.29) is 0 Å². The summed E-state index contributed by atoms with van der Waals surface area (Å²) in [6.07, 6.45) is 7.74. The van der Waals surface area contributed by atoms with Gasteiger partial charge < -0.3 is 4.57 Å². The normalized spacial score (nSPS) is 10.3. The Morgan fingerprint density at radius 2 is 2.31 bits per heavy atom. The number of carbonyl (C=O) groups excluding carboxylic acids is 1. The maximum Gasteiger partial charge on any atom is 0.170 e. The minimum absolute atomic E-state index is 0.534. The van der Waals surface area contributed by atoms with Crippen LogP contribution in [0.15, 0.2) is 30.9 Å². The molecule has 0 aliphatic carbocycles. The van der Waals surface area contributed by atoms with Crippen LogP contribution in [-0.4, -0.2) is 20.8 Å². The van der Waals surface area contributed by atoms with Gasteiger partial charge in [-0.15, -0.1) is 0 Å². The summed E-state index contributed by atoms with van der Waals surface area (Å²) in [7, 11) is 1.90. The van der Waals surface area contributed by atoms with Crippen molar-refractivity contribution in [2.75, 3.05) is 0 Å². The summed E-state index contributed by atoms with van der Waals surface area (Å²) in [5.41, 5.74) is 2.67. The summed E-state index contributed by atoms with van der Waals surface area (Å²) < 4.78 is 1.89. The monoisotopic (exact) mass is 215 g/mol. The predicted molar refractivity (Wildman–Crippen MR) is 60.2 cm³/mol. The molecule has 0 aliphatic heterocycles. The molecule has 2 aromatic rings. The van der Waals surface area contributed by atoms with Crippen molar-refractivity contribution in [1.29, 1.82) is 0 Å². The van der Waals surface area contributed by atoms with Gasteiger partial charge in [0.05, 0.1) is 6.33 Å². The number of hydrogen-bond acceptors (Lipinski definition) is 3. The smallest absolute Gasteiger partial charge is 0.170 e. The van der Waals surface area contributed by atoms with Gasteiger partial charge in [-0.05, 0) is 24.5 Å². The largest absolute Gasteiger partial charge is 0.337 e. The molecule has 0 amide bonds. The van der Waals surface area contributed by atoms with Gasteiger partial charge >= 0.3 is 0 Å². The molecule has 0 atom stereocenters. The summed E-state index contributed by atoms with van der Waals surface area (Å²) in [5, 5.41) is 0. The van der Waals surface area contributed by atoms with Crippen LogP contribution in [0.25, 0.3) is 0 Å². The minimum Gasteiger partial charge on any atom is -0.337 e. The lowest BCUT2D eigenvalue weighted by molar-refractivity contribution is 0.111. The number of aryl methyl sites for hydroxylation is 2. The summed E-state index contributed by atoms with van der Waals surface area (Å²) in [6.45, 7) is 0. The molecule has 0 fully saturated rings. The van der Waals surface area contributed by atoms with Crippen molar-refractivity contribution in [3.05, 3.63) is 47.8 Å². The molecule has 0 spiro atoms. The van der Waals surface area contributed by atoms with Gasteiger partial charge in [0.15, 0.2) is 6.29 Å². The average molecular weight is 215 g/mol. The summed E-state index contributed by atoms with van der Waals surface area (Å²) >= 11 is 0. The van der Waals surface area contributed by atoms with Gasteiger partial charge in [-0.1, -0.05) is 6.07 Å². The number of imidazole rings is 1. The van der Waals surface area contributed by atoms with E-state index < -0.39 is 0 Å². The SMILES string of the molecule is Cn1cnc(C=O)c1CCc1cccnc1. The van der Waals surface area contributed by atoms with Gasteiger partial charge in [0, 0.05) is 25.1 Å². The maximum absolute atomic E-state index is 10.8. The highest BCUT2D eigenvalue weighted by Crippen LogP contribution is 2.08. The molecule has 2 heterocycles. The molecule has 0 unspecified atom stereocenters. The average Bonchev–Trinajstić information content (AvgIpc) is 2.69. The van der Waals surface area contributed by atoms with Gasteiger partial charge in [0.1, 0.15) is 5.69 Å². The molecular weight excluding hydrogens is 202 g/mol. The summed E-state index contributed by atoms with van der Waals surface area (Å²) in [5.74, 6) is 0. The zero-order valence-electron chi connectivity index (χ0n) is 9.13. The third-order valence-electron chi connectivity index (χ3n) is 2.58. The number of aromatic nitrogens is 3. The molecule has 4 heteroatoms. The molecule has 2 rings (SSSR count). The van der Waals surface area contributed by atoms with Crippen molar-refractivity contribution >= 4 is 6.29 Å². The van der Waals surface area contributed by atoms with Crippen molar-refractivity contribution in [2.45, 2.75) is 12.8 Å². The van der Waals surface area contributed by atoms with Crippen molar-refractivity contribution in [1.82, 2.24) is 14.5 Å². The topological polar surface area (TPSA) is 47.8 Å². The first-order valence-electron chi connectivity index (χ1n) is 5.15. The molecule has 0 N–H and O–H groups in total. The zero-order valence-corrected chi connectivity index (χ0v) is 9.13. The van der Waals surface area contributed by atoms with E-state index in [2.05, 4.69) is 9.97 Å². The Kier molecular flexibility index (Phi) is 3.10. The van der Waals surface area contributed by atoms with E-state index in [9.17, 15) is 4.79 Å². The Morgan fingerprint density at radius 1 is 1.44 bits per heavy atom. The fraction of sp³-hybridized carbons (Fsp3) is 0.250. The fourth-order valence-electron chi connectivity index (χ4n) is 1.69. The Bertz CT molecular complexity index is 476. The van der Waals surface area contributed by atoms with Crippen molar-refractivity contribution in [3.63, 3.8) is 0 Å². The Balaban J connectivity index is 2.10. The minimum atomic E-state index is 0.534. The number of rotatable bonds is 4. The van der Waals surface area contributed by atoms with E-state index in [1.807, 2.05) is 29.9 Å². The van der Waals surface area contributed by atoms with Crippen molar-refractivity contribution in [3.8, 4) is 0 Å². The Morgan fingerprint density at radius 3 is 3.00 bits per heavy atom. The number of pyridine rings is 1. The Hall–Kier alpha value is -1.97. The summed E-state index contributed by atoms with van der Waals surface area (Å²) in [6, 6.07) is 3.95. The van der Waals surface area contributed by atoms with E-state index in [1.165, 1.54) is 5.56 Å². The predicted octanol–water partition coefficient (Wildman–Crippen LogP) is 1.41. The van der Waals surface area contributed by atoms with Gasteiger partial charge in [0.2, 0.25) is 0 Å². The lowest BCUT2D eigenvalue weighted by atomic mass is 10.1.